The molecule has 0 N–H and O–H groups in total. The van der Waals surface area contributed by atoms with Gasteiger partial charge in [0.05, 0.1) is 6.20 Å². The van der Waals surface area contributed by atoms with Crippen LogP contribution in [0.3, 0.4) is 0 Å². The molecule has 0 aliphatic carbocycles. The number of pyridine rings is 1. The molecule has 2 fully saturated rings. The van der Waals surface area contributed by atoms with Gasteiger partial charge in [0, 0.05) is 41.0 Å². The first-order chi connectivity index (χ1) is 15.7. The summed E-state index contributed by atoms with van der Waals surface area (Å²) >= 11 is -0.482. The van der Waals surface area contributed by atoms with E-state index in [0.29, 0.717) is 40.4 Å². The third-order valence-electron chi connectivity index (χ3n) is 6.67. The van der Waals surface area contributed by atoms with E-state index in [4.69, 9.17) is 4.98 Å². The van der Waals surface area contributed by atoms with E-state index in [9.17, 15) is 17.8 Å². The molecule has 162 valence electrons. The second kappa shape index (κ2) is 8.71. The van der Waals surface area contributed by atoms with Gasteiger partial charge < -0.3 is 0 Å². The molecule has 0 aromatic carbocycles. The second-order valence-electron chi connectivity index (χ2n) is 8.24. The Labute approximate surface area is 192 Å². The van der Waals surface area contributed by atoms with Crippen LogP contribution in [0.5, 0.6) is 0 Å². The summed E-state index contributed by atoms with van der Waals surface area (Å²) in [4.78, 5) is 19.9. The zero-order valence-corrected chi connectivity index (χ0v) is 18.4. The number of halogens is 2. The quantitative estimate of drug-likeness (QED) is 0.267. The van der Waals surface area contributed by atoms with Gasteiger partial charge >= 0.3 is 0 Å². The van der Waals surface area contributed by atoms with Gasteiger partial charge in [-0.2, -0.15) is 13.3 Å². The number of fused-ring (bicyclic) bond motifs is 3. The van der Waals surface area contributed by atoms with Crippen LogP contribution in [0.1, 0.15) is 47.8 Å². The van der Waals surface area contributed by atoms with E-state index in [1.165, 1.54) is 4.52 Å². The monoisotopic (exact) mass is 470 g/mol. The molecule has 2 saturated heterocycles. The Bertz CT molecular complexity index is 1190. The minimum atomic E-state index is -0.241. The molecule has 2 atom stereocenters. The van der Waals surface area contributed by atoms with Gasteiger partial charge in [0.25, 0.3) is 6.71 Å². The number of hydrogen-bond donors (Lipinski definition) is 0. The molecule has 7 nitrogen and oxygen atoms in total. The maximum Gasteiger partial charge on any atom is 0.274 e. The maximum absolute atomic E-state index is 13.5. The van der Waals surface area contributed by atoms with Crippen molar-refractivity contribution in [1.29, 1.82) is 5.26 Å². The first kappa shape index (κ1) is 21.2. The van der Waals surface area contributed by atoms with E-state index in [-0.39, 0.29) is 43.1 Å². The number of nitrogens with zero attached hydrogens (tertiary/aromatic N) is 6. The van der Waals surface area contributed by atoms with Gasteiger partial charge in [-0.25, -0.2) is 10.2 Å². The summed E-state index contributed by atoms with van der Waals surface area (Å²) in [6.45, 7) is 0.0849. The van der Waals surface area contributed by atoms with Crippen LogP contribution < -0.4 is 3.71 Å². The Kier molecular flexibility index (Phi) is 5.77. The molecule has 12 heteroatoms. The zero-order valence-electron chi connectivity index (χ0n) is 16.8. The Hall–Kier alpha value is -2.65. The Morgan fingerprint density at radius 3 is 2.56 bits per heavy atom. The molecule has 5 heterocycles. The van der Waals surface area contributed by atoms with E-state index >= 15 is 0 Å². The Morgan fingerprint density at radius 2 is 1.97 bits per heavy atom. The minimum absolute atomic E-state index is 0.0849. The lowest BCUT2D eigenvalue weighted by Crippen LogP contribution is -2.27. The molecule has 0 saturated carbocycles. The molecule has 3 aromatic rings. The average Bonchev–Trinajstić information content (AvgIpc) is 3.37. The number of rotatable bonds is 6. The number of aromatic nitrogens is 4. The van der Waals surface area contributed by atoms with E-state index < -0.39 is 0 Å². The fraction of sp³-hybridized carbons (Fsp3) is 0.350. The lowest BCUT2D eigenvalue weighted by molar-refractivity contribution is 0.111. The molecule has 2 unspecified atom stereocenters. The van der Waals surface area contributed by atoms with Crippen LogP contribution in [0.2, 0.25) is 11.6 Å². The first-order valence-electron chi connectivity index (χ1n) is 10.2. The van der Waals surface area contributed by atoms with Crippen molar-refractivity contribution in [3.8, 4) is 17.1 Å². The van der Waals surface area contributed by atoms with Gasteiger partial charge in [-0.05, 0) is 30.5 Å². The van der Waals surface area contributed by atoms with Gasteiger partial charge in [0.2, 0.25) is 0 Å². The van der Waals surface area contributed by atoms with E-state index in [0.717, 1.165) is 35.1 Å². The van der Waals surface area contributed by atoms with Crippen LogP contribution >= 0.6 is 24.7 Å². The van der Waals surface area contributed by atoms with Crippen molar-refractivity contribution in [3.05, 3.63) is 42.0 Å². The van der Waals surface area contributed by atoms with Gasteiger partial charge in [-0.15, -0.1) is 7.77 Å². The Balaban J connectivity index is 1.62. The molecule has 32 heavy (non-hydrogen) atoms. The van der Waals surface area contributed by atoms with Crippen LogP contribution in [-0.2, 0) is 0 Å². The number of carbonyl (C=O) groups is 1. The van der Waals surface area contributed by atoms with E-state index in [1.807, 2.05) is 0 Å². The van der Waals surface area contributed by atoms with Crippen LogP contribution in [0.25, 0.3) is 16.8 Å². The van der Waals surface area contributed by atoms with Crippen molar-refractivity contribution in [2.75, 3.05) is 3.71 Å². The normalized spacial score (nSPS) is 22.2. The molecular formula is C20H17BF2N6OS2. The second-order valence-corrected chi connectivity index (χ2v) is 9.48. The van der Waals surface area contributed by atoms with E-state index in [2.05, 4.69) is 16.1 Å². The zero-order chi connectivity index (χ0) is 22.2. The van der Waals surface area contributed by atoms with Gasteiger partial charge in [-0.3, -0.25) is 9.78 Å². The molecule has 2 aliphatic rings. The van der Waals surface area contributed by atoms with Crippen molar-refractivity contribution in [1.82, 2.24) is 19.6 Å². The summed E-state index contributed by atoms with van der Waals surface area (Å²) in [5.41, 5.74) is 2.86. The highest BCUT2D eigenvalue weighted by Gasteiger charge is 2.46. The summed E-state index contributed by atoms with van der Waals surface area (Å²) in [5, 5.41) is 13.8. The SMILES string of the molecule is N#CB1C2CCC1CC(c1cc(N(SF)SF)n3ncc(-c4ccc(C=O)nc4)c3n1)C2. The predicted octanol–water partition coefficient (Wildman–Crippen LogP) is 5.44. The van der Waals surface area contributed by atoms with Crippen molar-refractivity contribution in [2.45, 2.75) is 43.2 Å². The van der Waals surface area contributed by atoms with Crippen molar-refractivity contribution in [2.24, 2.45) is 0 Å². The molecule has 0 radical (unpaired) electrons. The first-order valence-corrected chi connectivity index (χ1v) is 11.6. The van der Waals surface area contributed by atoms with Crippen LogP contribution in [0.4, 0.5) is 13.6 Å². The number of nitriles is 1. The number of hydrogen-bond acceptors (Lipinski definition) is 8. The largest absolute Gasteiger partial charge is 0.296 e. The summed E-state index contributed by atoms with van der Waals surface area (Å²) in [6.07, 6.45) is 7.53. The highest BCUT2D eigenvalue weighted by molar-refractivity contribution is 8.13. The summed E-state index contributed by atoms with van der Waals surface area (Å²) < 4.78 is 29.3. The smallest absolute Gasteiger partial charge is 0.274 e. The van der Waals surface area contributed by atoms with Crippen molar-refractivity contribution >= 4 is 49.1 Å². The standard InChI is InChI=1S/C20H17BF2N6OS2/c22-31-29(32-23)19-7-18(13-5-14-2-3-15(6-13)21(14)11-24)27-20-17(9-26-28(19)20)12-1-4-16(10-30)25-8-12/h1,4,7-10,13-15H,2-3,5-6H2. The lowest BCUT2D eigenvalue weighted by Gasteiger charge is -2.29. The summed E-state index contributed by atoms with van der Waals surface area (Å²) in [7, 11) is 0. The fourth-order valence-electron chi connectivity index (χ4n) is 5.20. The molecule has 3 aromatic heterocycles. The third kappa shape index (κ3) is 3.53. The lowest BCUT2D eigenvalue weighted by atomic mass is 9.34. The molecule has 0 spiro atoms. The van der Waals surface area contributed by atoms with Gasteiger partial charge in [0.15, 0.2) is 42.4 Å². The summed E-state index contributed by atoms with van der Waals surface area (Å²) in [5.74, 6) is 3.46. The highest BCUT2D eigenvalue weighted by Crippen LogP contribution is 2.54. The fourth-order valence-corrected chi connectivity index (χ4v) is 5.69. The van der Waals surface area contributed by atoms with Crippen LogP contribution in [0.15, 0.2) is 30.6 Å². The molecule has 2 bridgehead atoms. The molecule has 5 rings (SSSR count). The molecule has 2 aliphatic heterocycles. The maximum atomic E-state index is 13.5. The van der Waals surface area contributed by atoms with Crippen LogP contribution in [-0.4, -0.2) is 32.6 Å². The number of aldehydes is 1. The van der Waals surface area contributed by atoms with Gasteiger partial charge in [0.1, 0.15) is 5.69 Å². The van der Waals surface area contributed by atoms with E-state index in [1.54, 1.807) is 30.6 Å². The topological polar surface area (TPSA) is 87.2 Å². The average molecular weight is 470 g/mol. The summed E-state index contributed by atoms with van der Waals surface area (Å²) in [6, 6.07) is 5.03. The Morgan fingerprint density at radius 1 is 1.22 bits per heavy atom. The number of carbonyl (C=O) groups excluding carboxylic acids is 1. The van der Waals surface area contributed by atoms with Gasteiger partial charge in [-0.1, -0.05) is 18.9 Å². The van der Waals surface area contributed by atoms with Crippen molar-refractivity contribution in [3.63, 3.8) is 0 Å². The highest BCUT2D eigenvalue weighted by atomic mass is 32.3. The number of anilines is 1. The molecule has 0 amide bonds. The van der Waals surface area contributed by atoms with Crippen molar-refractivity contribution < 1.29 is 12.6 Å². The molecular weight excluding hydrogens is 453 g/mol. The third-order valence-corrected chi connectivity index (χ3v) is 7.63. The predicted molar refractivity (Wildman–Crippen MR) is 122 cm³/mol. The van der Waals surface area contributed by atoms with Crippen LogP contribution in [0, 0.1) is 11.2 Å². The minimum Gasteiger partial charge on any atom is -0.296 e.